The first-order chi connectivity index (χ1) is 7.15. The summed E-state index contributed by atoms with van der Waals surface area (Å²) in [7, 11) is 0. The van der Waals surface area contributed by atoms with Crippen LogP contribution in [-0.4, -0.2) is 24.2 Å². The molecule has 0 spiro atoms. The first-order valence-corrected chi connectivity index (χ1v) is 5.65. The molecule has 0 saturated carbocycles. The molecular formula is C11H12BrNO2. The fourth-order valence-corrected chi connectivity index (χ4v) is 2.28. The van der Waals surface area contributed by atoms with Crippen LogP contribution in [0.25, 0.3) is 0 Å². The van der Waals surface area contributed by atoms with Gasteiger partial charge in [0, 0.05) is 11.0 Å². The van der Waals surface area contributed by atoms with Crippen molar-refractivity contribution in [2.24, 2.45) is 0 Å². The monoisotopic (exact) mass is 269 g/mol. The Hall–Kier alpha value is -0.870. The van der Waals surface area contributed by atoms with Crippen molar-refractivity contribution in [2.75, 3.05) is 13.1 Å². The lowest BCUT2D eigenvalue weighted by Gasteiger charge is -2.23. The molecule has 4 heteroatoms. The summed E-state index contributed by atoms with van der Waals surface area (Å²) in [6, 6.07) is 7.53. The maximum atomic E-state index is 11.4. The Morgan fingerprint density at radius 2 is 2.07 bits per heavy atom. The first kappa shape index (κ1) is 10.6. The van der Waals surface area contributed by atoms with Gasteiger partial charge in [0.1, 0.15) is 5.41 Å². The van der Waals surface area contributed by atoms with E-state index in [1.165, 1.54) is 0 Å². The van der Waals surface area contributed by atoms with Gasteiger partial charge in [0.05, 0.1) is 0 Å². The quantitative estimate of drug-likeness (QED) is 0.861. The van der Waals surface area contributed by atoms with Crippen molar-refractivity contribution in [3.63, 3.8) is 0 Å². The molecule has 1 aromatic rings. The van der Waals surface area contributed by atoms with Crippen LogP contribution in [0.1, 0.15) is 12.0 Å². The second-order valence-electron chi connectivity index (χ2n) is 3.82. The normalized spacial score (nSPS) is 25.4. The minimum absolute atomic E-state index is 0.518. The van der Waals surface area contributed by atoms with E-state index in [1.807, 2.05) is 24.3 Å². The Labute approximate surface area is 96.6 Å². The molecule has 1 atom stereocenters. The lowest BCUT2D eigenvalue weighted by atomic mass is 9.80. The van der Waals surface area contributed by atoms with E-state index in [4.69, 9.17) is 0 Å². The molecule has 1 aliphatic heterocycles. The van der Waals surface area contributed by atoms with Crippen molar-refractivity contribution in [3.8, 4) is 0 Å². The number of benzene rings is 1. The number of nitrogens with one attached hydrogen (secondary N) is 1. The summed E-state index contributed by atoms with van der Waals surface area (Å²) < 4.78 is 0.970. The lowest BCUT2D eigenvalue weighted by Crippen LogP contribution is -2.37. The van der Waals surface area contributed by atoms with E-state index in [0.717, 1.165) is 16.6 Å². The Morgan fingerprint density at radius 3 is 2.53 bits per heavy atom. The highest BCUT2D eigenvalue weighted by molar-refractivity contribution is 9.10. The molecule has 0 bridgehead atoms. The van der Waals surface area contributed by atoms with Crippen LogP contribution in [-0.2, 0) is 10.2 Å². The van der Waals surface area contributed by atoms with Gasteiger partial charge in [-0.2, -0.15) is 0 Å². The van der Waals surface area contributed by atoms with Gasteiger partial charge in [-0.05, 0) is 30.7 Å². The van der Waals surface area contributed by atoms with E-state index in [-0.39, 0.29) is 0 Å². The first-order valence-electron chi connectivity index (χ1n) is 4.85. The third-order valence-electron chi connectivity index (χ3n) is 2.96. The van der Waals surface area contributed by atoms with Gasteiger partial charge in [-0.25, -0.2) is 0 Å². The standard InChI is InChI=1S/C11H12BrNO2/c12-9-3-1-8(2-4-9)11(10(14)15)5-6-13-7-11/h1-4,13H,5-7H2,(H,14,15). The minimum atomic E-state index is -0.741. The number of rotatable bonds is 2. The molecule has 3 nitrogen and oxygen atoms in total. The molecule has 1 aromatic carbocycles. The van der Waals surface area contributed by atoms with Crippen LogP contribution >= 0.6 is 15.9 Å². The van der Waals surface area contributed by atoms with Gasteiger partial charge in [-0.3, -0.25) is 4.79 Å². The average Bonchev–Trinajstić information content (AvgIpc) is 2.69. The van der Waals surface area contributed by atoms with Gasteiger partial charge < -0.3 is 10.4 Å². The summed E-state index contributed by atoms with van der Waals surface area (Å²) in [5.41, 5.74) is 0.143. The van der Waals surface area contributed by atoms with Crippen LogP contribution in [0.5, 0.6) is 0 Å². The van der Waals surface area contributed by atoms with Gasteiger partial charge in [0.25, 0.3) is 0 Å². The van der Waals surface area contributed by atoms with Gasteiger partial charge in [-0.1, -0.05) is 28.1 Å². The molecular weight excluding hydrogens is 258 g/mol. The van der Waals surface area contributed by atoms with E-state index in [1.54, 1.807) is 0 Å². The van der Waals surface area contributed by atoms with Crippen LogP contribution in [0, 0.1) is 0 Å². The number of hydrogen-bond donors (Lipinski definition) is 2. The zero-order valence-electron chi connectivity index (χ0n) is 8.16. The SMILES string of the molecule is O=C(O)C1(c2ccc(Br)cc2)CCNC1. The fraction of sp³-hybridized carbons (Fsp3) is 0.364. The van der Waals surface area contributed by atoms with Crippen molar-refractivity contribution in [3.05, 3.63) is 34.3 Å². The van der Waals surface area contributed by atoms with Crippen LogP contribution in [0.15, 0.2) is 28.7 Å². The van der Waals surface area contributed by atoms with Gasteiger partial charge in [0.2, 0.25) is 0 Å². The average molecular weight is 270 g/mol. The predicted octanol–water partition coefficient (Wildman–Crippen LogP) is 1.76. The highest BCUT2D eigenvalue weighted by atomic mass is 79.9. The molecule has 0 radical (unpaired) electrons. The highest BCUT2D eigenvalue weighted by Gasteiger charge is 2.42. The van der Waals surface area contributed by atoms with E-state index in [0.29, 0.717) is 13.0 Å². The van der Waals surface area contributed by atoms with Crippen LogP contribution in [0.4, 0.5) is 0 Å². The second-order valence-corrected chi connectivity index (χ2v) is 4.74. The maximum absolute atomic E-state index is 11.4. The zero-order valence-corrected chi connectivity index (χ0v) is 9.75. The fourth-order valence-electron chi connectivity index (χ4n) is 2.01. The summed E-state index contributed by atoms with van der Waals surface area (Å²) in [5, 5.41) is 12.4. The van der Waals surface area contributed by atoms with Gasteiger partial charge >= 0.3 is 5.97 Å². The van der Waals surface area contributed by atoms with Crippen molar-refractivity contribution in [1.29, 1.82) is 0 Å². The lowest BCUT2D eigenvalue weighted by molar-refractivity contribution is -0.143. The second kappa shape index (κ2) is 3.94. The zero-order chi connectivity index (χ0) is 10.9. The minimum Gasteiger partial charge on any atom is -0.481 e. The number of halogens is 1. The molecule has 2 rings (SSSR count). The summed E-state index contributed by atoms with van der Waals surface area (Å²) in [6.07, 6.45) is 0.657. The molecule has 0 aliphatic carbocycles. The number of carbonyl (C=O) groups is 1. The molecule has 15 heavy (non-hydrogen) atoms. The van der Waals surface area contributed by atoms with E-state index in [9.17, 15) is 9.90 Å². The highest BCUT2D eigenvalue weighted by Crippen LogP contribution is 2.31. The third-order valence-corrected chi connectivity index (χ3v) is 3.49. The molecule has 0 amide bonds. The molecule has 1 saturated heterocycles. The van der Waals surface area contributed by atoms with Gasteiger partial charge in [0.15, 0.2) is 0 Å². The molecule has 80 valence electrons. The Balaban J connectivity index is 2.41. The molecule has 2 N–H and O–H groups in total. The molecule has 1 unspecified atom stereocenters. The Morgan fingerprint density at radius 1 is 1.40 bits per heavy atom. The van der Waals surface area contributed by atoms with Crippen LogP contribution in [0.2, 0.25) is 0 Å². The van der Waals surface area contributed by atoms with E-state index in [2.05, 4.69) is 21.2 Å². The van der Waals surface area contributed by atoms with E-state index >= 15 is 0 Å². The number of hydrogen-bond acceptors (Lipinski definition) is 2. The third kappa shape index (κ3) is 1.79. The van der Waals surface area contributed by atoms with Crippen LogP contribution in [0.3, 0.4) is 0 Å². The summed E-state index contributed by atoms with van der Waals surface area (Å²) >= 11 is 3.35. The summed E-state index contributed by atoms with van der Waals surface area (Å²) in [6.45, 7) is 1.28. The largest absolute Gasteiger partial charge is 0.481 e. The van der Waals surface area contributed by atoms with E-state index < -0.39 is 11.4 Å². The number of carboxylic acid groups (broad SMARTS) is 1. The topological polar surface area (TPSA) is 49.3 Å². The smallest absolute Gasteiger partial charge is 0.315 e. The molecule has 1 heterocycles. The van der Waals surface area contributed by atoms with Crippen molar-refractivity contribution < 1.29 is 9.90 Å². The van der Waals surface area contributed by atoms with Gasteiger partial charge in [-0.15, -0.1) is 0 Å². The van der Waals surface area contributed by atoms with Crippen LogP contribution < -0.4 is 5.32 Å². The molecule has 1 aliphatic rings. The number of carboxylic acids is 1. The predicted molar refractivity (Wildman–Crippen MR) is 60.9 cm³/mol. The Bertz CT molecular complexity index is 369. The molecule has 1 fully saturated rings. The summed E-state index contributed by atoms with van der Waals surface area (Å²) in [5.74, 6) is -0.741. The van der Waals surface area contributed by atoms with Crippen molar-refractivity contribution in [1.82, 2.24) is 5.32 Å². The van der Waals surface area contributed by atoms with Crippen molar-refractivity contribution in [2.45, 2.75) is 11.8 Å². The molecule has 0 aromatic heterocycles. The Kier molecular flexibility index (Phi) is 2.80. The summed E-state index contributed by atoms with van der Waals surface area (Å²) in [4.78, 5) is 11.4. The number of aliphatic carboxylic acids is 1. The van der Waals surface area contributed by atoms with Crippen molar-refractivity contribution >= 4 is 21.9 Å². The maximum Gasteiger partial charge on any atom is 0.315 e.